The van der Waals surface area contributed by atoms with Crippen molar-refractivity contribution in [2.75, 3.05) is 49.1 Å². The second-order valence-electron chi connectivity index (χ2n) is 8.47. The largest absolute Gasteiger partial charge is 0.479 e. The normalized spacial score (nSPS) is 18.2. The molecule has 2 aliphatic heterocycles. The van der Waals surface area contributed by atoms with Crippen molar-refractivity contribution >= 4 is 23.5 Å². The monoisotopic (exact) mass is 508 g/mol. The van der Waals surface area contributed by atoms with E-state index in [-0.39, 0.29) is 29.4 Å². The highest BCUT2D eigenvalue weighted by atomic mass is 19.4. The van der Waals surface area contributed by atoms with Gasteiger partial charge >= 0.3 is 6.18 Å². The smallest absolute Gasteiger partial charge is 0.422 e. The van der Waals surface area contributed by atoms with Crippen molar-refractivity contribution in [1.82, 2.24) is 19.9 Å². The Morgan fingerprint density at radius 3 is 2.39 bits per heavy atom. The fourth-order valence-electron chi connectivity index (χ4n) is 4.07. The molecule has 0 aliphatic carbocycles. The Morgan fingerprint density at radius 2 is 1.81 bits per heavy atom. The standard InChI is InChI=1S/C23H27F3N6O4/c1-3-30(4-2)20(33)15-12-31(13-15)22-28-9-16(10-29-22)32-8-7-18(21(32)34)36-17-5-6-19(27-11-17)35-14-23(24,25)26/h5-6,9-11,15,18H,3-4,7-8,12-14H2,1-2H3/t18-/m1/s1. The minimum Gasteiger partial charge on any atom is -0.479 e. The van der Waals surface area contributed by atoms with Crippen molar-refractivity contribution in [1.29, 1.82) is 0 Å². The lowest BCUT2D eigenvalue weighted by Crippen LogP contribution is -2.55. The van der Waals surface area contributed by atoms with Crippen LogP contribution in [0.2, 0.25) is 0 Å². The molecule has 4 heterocycles. The highest BCUT2D eigenvalue weighted by Crippen LogP contribution is 2.27. The van der Waals surface area contributed by atoms with E-state index in [0.717, 1.165) is 0 Å². The van der Waals surface area contributed by atoms with Crippen molar-refractivity contribution in [3.8, 4) is 11.6 Å². The maximum absolute atomic E-state index is 12.8. The molecule has 0 radical (unpaired) electrons. The van der Waals surface area contributed by atoms with Crippen molar-refractivity contribution in [2.24, 2.45) is 5.92 Å². The van der Waals surface area contributed by atoms with Gasteiger partial charge in [-0.2, -0.15) is 13.2 Å². The molecule has 2 aromatic heterocycles. The van der Waals surface area contributed by atoms with Gasteiger partial charge < -0.3 is 24.2 Å². The third-order valence-corrected chi connectivity index (χ3v) is 6.05. The SMILES string of the molecule is CCN(CC)C(=O)C1CN(c2ncc(N3CC[C@@H](Oc4ccc(OCC(F)(F)F)nc4)C3=O)cn2)C1. The Kier molecular flexibility index (Phi) is 7.45. The summed E-state index contributed by atoms with van der Waals surface area (Å²) in [6, 6.07) is 2.65. The quantitative estimate of drug-likeness (QED) is 0.509. The lowest BCUT2D eigenvalue weighted by molar-refractivity contribution is -0.154. The zero-order chi connectivity index (χ0) is 25.9. The van der Waals surface area contributed by atoms with Crippen LogP contribution in [0.25, 0.3) is 0 Å². The average molecular weight is 509 g/mol. The van der Waals surface area contributed by atoms with Crippen molar-refractivity contribution in [3.05, 3.63) is 30.7 Å². The number of ether oxygens (including phenoxy) is 2. The number of amides is 2. The summed E-state index contributed by atoms with van der Waals surface area (Å²) in [7, 11) is 0. The fraction of sp³-hybridized carbons (Fsp3) is 0.522. The van der Waals surface area contributed by atoms with Gasteiger partial charge in [0.2, 0.25) is 17.7 Å². The predicted octanol–water partition coefficient (Wildman–Crippen LogP) is 2.30. The Hall–Kier alpha value is -3.64. The first-order chi connectivity index (χ1) is 17.2. The molecule has 0 aromatic carbocycles. The van der Waals surface area contributed by atoms with E-state index in [1.54, 1.807) is 12.4 Å². The van der Waals surface area contributed by atoms with E-state index in [1.807, 2.05) is 23.6 Å². The van der Waals surface area contributed by atoms with Gasteiger partial charge in [-0.25, -0.2) is 15.0 Å². The summed E-state index contributed by atoms with van der Waals surface area (Å²) in [6.07, 6.45) is -0.470. The molecular formula is C23H27F3N6O4. The lowest BCUT2D eigenvalue weighted by Gasteiger charge is -2.40. The van der Waals surface area contributed by atoms with E-state index < -0.39 is 18.9 Å². The average Bonchev–Trinajstić information content (AvgIpc) is 3.18. The first kappa shape index (κ1) is 25.5. The minimum absolute atomic E-state index is 0.0639. The number of aromatic nitrogens is 3. The molecule has 2 aliphatic rings. The van der Waals surface area contributed by atoms with E-state index in [1.165, 1.54) is 23.2 Å². The van der Waals surface area contributed by atoms with Crippen LogP contribution in [0.15, 0.2) is 30.7 Å². The van der Waals surface area contributed by atoms with E-state index in [9.17, 15) is 22.8 Å². The van der Waals surface area contributed by atoms with E-state index >= 15 is 0 Å². The summed E-state index contributed by atoms with van der Waals surface area (Å²) in [5, 5.41) is 0. The number of anilines is 2. The van der Waals surface area contributed by atoms with Gasteiger partial charge in [0.1, 0.15) is 5.75 Å². The molecule has 0 bridgehead atoms. The summed E-state index contributed by atoms with van der Waals surface area (Å²) >= 11 is 0. The fourth-order valence-corrected chi connectivity index (χ4v) is 4.07. The molecule has 194 valence electrons. The van der Waals surface area contributed by atoms with Gasteiger partial charge in [-0.15, -0.1) is 0 Å². The van der Waals surface area contributed by atoms with Crippen LogP contribution in [0.3, 0.4) is 0 Å². The van der Waals surface area contributed by atoms with Gasteiger partial charge in [-0.05, 0) is 19.9 Å². The summed E-state index contributed by atoms with van der Waals surface area (Å²) < 4.78 is 47.0. The number of carbonyl (C=O) groups is 2. The molecule has 13 heteroatoms. The van der Waals surface area contributed by atoms with Crippen LogP contribution >= 0.6 is 0 Å². The van der Waals surface area contributed by atoms with Crippen LogP contribution in [0.4, 0.5) is 24.8 Å². The van der Waals surface area contributed by atoms with Gasteiger partial charge in [-0.1, -0.05) is 0 Å². The van der Waals surface area contributed by atoms with Gasteiger partial charge in [0.25, 0.3) is 5.91 Å². The van der Waals surface area contributed by atoms with Crippen molar-refractivity contribution in [3.63, 3.8) is 0 Å². The van der Waals surface area contributed by atoms with E-state index in [4.69, 9.17) is 4.74 Å². The second-order valence-corrected chi connectivity index (χ2v) is 8.47. The number of alkyl halides is 3. The Balaban J connectivity index is 1.29. The summed E-state index contributed by atoms with van der Waals surface area (Å²) in [5.74, 6) is 0.347. The third kappa shape index (κ3) is 5.77. The summed E-state index contributed by atoms with van der Waals surface area (Å²) in [5.41, 5.74) is 0.528. The highest BCUT2D eigenvalue weighted by molar-refractivity contribution is 5.98. The van der Waals surface area contributed by atoms with Crippen molar-refractivity contribution in [2.45, 2.75) is 32.5 Å². The Bertz CT molecular complexity index is 1060. The van der Waals surface area contributed by atoms with Gasteiger partial charge in [-0.3, -0.25) is 9.59 Å². The number of pyridine rings is 1. The molecule has 4 rings (SSSR count). The van der Waals surface area contributed by atoms with Crippen LogP contribution in [-0.4, -0.2) is 83.3 Å². The second kappa shape index (κ2) is 10.5. The molecular weight excluding hydrogens is 481 g/mol. The number of halogens is 3. The Morgan fingerprint density at radius 1 is 1.11 bits per heavy atom. The molecule has 0 N–H and O–H groups in total. The molecule has 2 saturated heterocycles. The summed E-state index contributed by atoms with van der Waals surface area (Å²) in [6.45, 7) is 5.36. The van der Waals surface area contributed by atoms with Crippen molar-refractivity contribution < 1.29 is 32.2 Å². The van der Waals surface area contributed by atoms with Gasteiger partial charge in [0.15, 0.2) is 12.7 Å². The van der Waals surface area contributed by atoms with Crippen LogP contribution in [-0.2, 0) is 9.59 Å². The first-order valence-corrected chi connectivity index (χ1v) is 11.7. The van der Waals surface area contributed by atoms with Gasteiger partial charge in [0, 0.05) is 45.2 Å². The number of carbonyl (C=O) groups excluding carboxylic acids is 2. The zero-order valence-corrected chi connectivity index (χ0v) is 19.9. The molecule has 0 unspecified atom stereocenters. The van der Waals surface area contributed by atoms with Crippen LogP contribution < -0.4 is 19.3 Å². The summed E-state index contributed by atoms with van der Waals surface area (Å²) in [4.78, 5) is 43.0. The van der Waals surface area contributed by atoms with Crippen LogP contribution in [0.5, 0.6) is 11.6 Å². The third-order valence-electron chi connectivity index (χ3n) is 6.05. The predicted molar refractivity (Wildman–Crippen MR) is 123 cm³/mol. The topological polar surface area (TPSA) is 101 Å². The minimum atomic E-state index is -4.46. The number of hydrogen-bond acceptors (Lipinski definition) is 8. The number of rotatable bonds is 9. The zero-order valence-electron chi connectivity index (χ0n) is 19.9. The molecule has 1 atom stereocenters. The molecule has 10 nitrogen and oxygen atoms in total. The van der Waals surface area contributed by atoms with Gasteiger partial charge in [0.05, 0.1) is 30.2 Å². The first-order valence-electron chi connectivity index (χ1n) is 11.7. The lowest BCUT2D eigenvalue weighted by atomic mass is 9.99. The Labute approximate surface area is 206 Å². The maximum atomic E-state index is 12.8. The molecule has 2 amide bonds. The molecule has 2 fully saturated rings. The van der Waals surface area contributed by atoms with E-state index in [0.29, 0.717) is 50.8 Å². The molecule has 0 spiro atoms. The number of hydrogen-bond donors (Lipinski definition) is 0. The highest BCUT2D eigenvalue weighted by Gasteiger charge is 2.37. The molecule has 0 saturated carbocycles. The number of nitrogens with zero attached hydrogens (tertiary/aromatic N) is 6. The van der Waals surface area contributed by atoms with E-state index in [2.05, 4.69) is 19.7 Å². The van der Waals surface area contributed by atoms with Crippen LogP contribution in [0.1, 0.15) is 20.3 Å². The maximum Gasteiger partial charge on any atom is 0.422 e. The molecule has 36 heavy (non-hydrogen) atoms. The van der Waals surface area contributed by atoms with Crippen LogP contribution in [0, 0.1) is 5.92 Å². The molecule has 2 aromatic rings.